The third kappa shape index (κ3) is 11.2. The summed E-state index contributed by atoms with van der Waals surface area (Å²) >= 11 is 0. The summed E-state index contributed by atoms with van der Waals surface area (Å²) in [6, 6.07) is 32.5. The summed E-state index contributed by atoms with van der Waals surface area (Å²) in [5.74, 6) is 0. The second-order valence-corrected chi connectivity index (χ2v) is 4.74. The maximum absolute atomic E-state index is 2.96. The summed E-state index contributed by atoms with van der Waals surface area (Å²) in [4.78, 5) is 0. The molecule has 0 fully saturated rings. The summed E-state index contributed by atoms with van der Waals surface area (Å²) < 4.78 is 0. The molecule has 0 N–H and O–H groups in total. The quantitative estimate of drug-likeness (QED) is 0.470. The fourth-order valence-electron chi connectivity index (χ4n) is 1.45. The molecular formula is C21H21Sb. The van der Waals surface area contributed by atoms with E-state index in [1.165, 1.54) is 16.7 Å². The summed E-state index contributed by atoms with van der Waals surface area (Å²) in [5.41, 5.74) is 3.80. The minimum atomic E-state index is 0. The molecule has 110 valence electrons. The van der Waals surface area contributed by atoms with Crippen LogP contribution in [0.25, 0.3) is 0 Å². The van der Waals surface area contributed by atoms with Crippen molar-refractivity contribution in [2.75, 3.05) is 0 Å². The van der Waals surface area contributed by atoms with Crippen LogP contribution in [0.15, 0.2) is 72.8 Å². The minimum Gasteiger partial charge on any atom is -0.0614 e. The van der Waals surface area contributed by atoms with Gasteiger partial charge in [0.1, 0.15) is 0 Å². The molecule has 0 aliphatic heterocycles. The molecule has 0 saturated heterocycles. The van der Waals surface area contributed by atoms with E-state index in [0.29, 0.717) is 0 Å². The zero-order valence-electron chi connectivity index (χ0n) is 13.4. The zero-order valence-corrected chi connectivity index (χ0v) is 15.9. The summed E-state index contributed by atoms with van der Waals surface area (Å²) in [6.45, 7) is 6.16. The molecule has 0 spiro atoms. The molecule has 3 rings (SSSR count). The van der Waals surface area contributed by atoms with Crippen LogP contribution < -0.4 is 0 Å². The van der Waals surface area contributed by atoms with Gasteiger partial charge in [-0.05, 0) is 39.0 Å². The molecule has 1 heteroatoms. The van der Waals surface area contributed by atoms with Gasteiger partial charge in [-0.2, -0.15) is 0 Å². The Balaban J connectivity index is 0.000000294. The molecule has 0 bridgehead atoms. The monoisotopic (exact) mass is 394 g/mol. The van der Waals surface area contributed by atoms with Gasteiger partial charge in [0, 0.05) is 24.4 Å². The van der Waals surface area contributed by atoms with Gasteiger partial charge in [-0.1, -0.05) is 89.5 Å². The van der Waals surface area contributed by atoms with Gasteiger partial charge < -0.3 is 0 Å². The van der Waals surface area contributed by atoms with Gasteiger partial charge in [0.25, 0.3) is 0 Å². The van der Waals surface area contributed by atoms with Crippen molar-refractivity contribution in [3.63, 3.8) is 0 Å². The molecule has 0 unspecified atom stereocenters. The third-order valence-corrected chi connectivity index (χ3v) is 2.59. The molecule has 22 heavy (non-hydrogen) atoms. The average molecular weight is 395 g/mol. The van der Waals surface area contributed by atoms with Crippen LogP contribution >= 0.6 is 0 Å². The van der Waals surface area contributed by atoms with Crippen LogP contribution in [0.4, 0.5) is 0 Å². The molecule has 3 aromatic rings. The second-order valence-electron chi connectivity index (χ2n) is 4.74. The maximum atomic E-state index is 2.96. The molecule has 6 radical (unpaired) electrons. The topological polar surface area (TPSA) is 0 Å². The Hall–Kier alpha value is -1.52. The van der Waals surface area contributed by atoms with E-state index in [-0.39, 0.29) is 24.4 Å². The van der Waals surface area contributed by atoms with Gasteiger partial charge in [-0.3, -0.25) is 0 Å². The van der Waals surface area contributed by atoms with E-state index in [1.54, 1.807) is 0 Å². The van der Waals surface area contributed by atoms with Gasteiger partial charge in [-0.15, -0.1) is 0 Å². The van der Waals surface area contributed by atoms with E-state index >= 15 is 0 Å². The molecule has 0 heterocycles. The van der Waals surface area contributed by atoms with Crippen molar-refractivity contribution < 1.29 is 0 Å². The zero-order chi connectivity index (χ0) is 15.3. The predicted molar refractivity (Wildman–Crippen MR) is 95.8 cm³/mol. The number of benzene rings is 3. The molecule has 3 aromatic carbocycles. The molecule has 0 nitrogen and oxygen atoms in total. The van der Waals surface area contributed by atoms with Crippen molar-refractivity contribution in [1.29, 1.82) is 0 Å². The Bertz CT molecular complexity index is 485. The van der Waals surface area contributed by atoms with Gasteiger partial charge in [0.2, 0.25) is 0 Å². The first-order chi connectivity index (χ1) is 10.2. The van der Waals surface area contributed by atoms with Crippen molar-refractivity contribution in [3.8, 4) is 0 Å². The molecular weight excluding hydrogens is 374 g/mol. The van der Waals surface area contributed by atoms with Crippen molar-refractivity contribution in [2.45, 2.75) is 20.8 Å². The van der Waals surface area contributed by atoms with Gasteiger partial charge in [0.05, 0.1) is 0 Å². The fourth-order valence-corrected chi connectivity index (χ4v) is 1.45. The van der Waals surface area contributed by atoms with Crippen LogP contribution in [-0.4, -0.2) is 24.4 Å². The molecule has 0 amide bonds. The first-order valence-corrected chi connectivity index (χ1v) is 6.96. The fraction of sp³-hybridized carbons (Fsp3) is 0.143. The van der Waals surface area contributed by atoms with Crippen LogP contribution in [-0.2, 0) is 0 Å². The van der Waals surface area contributed by atoms with Crippen molar-refractivity contribution in [2.24, 2.45) is 0 Å². The second kappa shape index (κ2) is 13.2. The molecule has 0 aliphatic rings. The van der Waals surface area contributed by atoms with E-state index in [2.05, 4.69) is 57.2 Å². The normalized spacial score (nSPS) is 8.32. The van der Waals surface area contributed by atoms with Crippen LogP contribution in [0, 0.1) is 39.0 Å². The van der Waals surface area contributed by atoms with Gasteiger partial charge >= 0.3 is 0 Å². The number of aryl methyl sites for hydroxylation is 3. The molecule has 0 aliphatic carbocycles. The van der Waals surface area contributed by atoms with Crippen molar-refractivity contribution >= 4 is 24.4 Å². The Labute approximate surface area is 152 Å². The predicted octanol–water partition coefficient (Wildman–Crippen LogP) is 5.00. The summed E-state index contributed by atoms with van der Waals surface area (Å²) in [7, 11) is 0. The Morgan fingerprint density at radius 2 is 0.818 bits per heavy atom. The van der Waals surface area contributed by atoms with Crippen LogP contribution in [0.3, 0.4) is 0 Å². The number of hydrogen-bond acceptors (Lipinski definition) is 0. The van der Waals surface area contributed by atoms with Gasteiger partial charge in [-0.25, -0.2) is 0 Å². The van der Waals surface area contributed by atoms with Gasteiger partial charge in [0.15, 0.2) is 0 Å². The average Bonchev–Trinajstić information content (AvgIpc) is 2.51. The number of rotatable bonds is 0. The van der Waals surface area contributed by atoms with E-state index < -0.39 is 0 Å². The van der Waals surface area contributed by atoms with Crippen LogP contribution in [0.2, 0.25) is 0 Å². The minimum absolute atomic E-state index is 0. The van der Waals surface area contributed by atoms with E-state index in [9.17, 15) is 0 Å². The Kier molecular flexibility index (Phi) is 12.3. The first-order valence-electron chi connectivity index (χ1n) is 6.96. The molecule has 0 aromatic heterocycles. The molecule has 0 atom stereocenters. The summed E-state index contributed by atoms with van der Waals surface area (Å²) in [5, 5.41) is 0. The first kappa shape index (κ1) is 20.5. The maximum Gasteiger partial charge on any atom is 0 e. The van der Waals surface area contributed by atoms with Crippen LogP contribution in [0.5, 0.6) is 0 Å². The summed E-state index contributed by atoms with van der Waals surface area (Å²) in [6.07, 6.45) is 0. The smallest absolute Gasteiger partial charge is 0 e. The Morgan fingerprint density at radius 1 is 0.545 bits per heavy atom. The van der Waals surface area contributed by atoms with E-state index in [4.69, 9.17) is 0 Å². The molecule has 0 saturated carbocycles. The van der Waals surface area contributed by atoms with E-state index in [0.717, 1.165) is 0 Å². The standard InChI is InChI=1S/3C7H7.Sb/c3*1-7-5-3-2-4-6-7;/h3*2-3,5-6H,1H3;. The number of hydrogen-bond donors (Lipinski definition) is 0. The van der Waals surface area contributed by atoms with Crippen molar-refractivity contribution in [1.82, 2.24) is 0 Å². The SMILES string of the molecule is Cc1c[c]ccc1.Cc1c[c]ccc1.Cc1c[c]ccc1.[Sb]. The largest absolute Gasteiger partial charge is 0.0614 e. The third-order valence-electron chi connectivity index (χ3n) is 2.59. The van der Waals surface area contributed by atoms with Crippen molar-refractivity contribution in [3.05, 3.63) is 108 Å². The van der Waals surface area contributed by atoms with E-state index in [1.807, 2.05) is 54.6 Å². The van der Waals surface area contributed by atoms with Crippen LogP contribution in [0.1, 0.15) is 16.7 Å². The Morgan fingerprint density at radius 3 is 0.909 bits per heavy atom.